The highest BCUT2D eigenvalue weighted by Crippen LogP contribution is 2.27. The first kappa shape index (κ1) is 13.3. The summed E-state index contributed by atoms with van der Waals surface area (Å²) in [6, 6.07) is 0. The van der Waals surface area contributed by atoms with Crippen LogP contribution in [0.5, 0.6) is 0 Å². The van der Waals surface area contributed by atoms with Gasteiger partial charge >= 0.3 is 5.97 Å². The molecule has 1 saturated carbocycles. The second-order valence-corrected chi connectivity index (χ2v) is 5.07. The van der Waals surface area contributed by atoms with Crippen molar-refractivity contribution in [1.82, 2.24) is 10.2 Å². The van der Waals surface area contributed by atoms with Crippen molar-refractivity contribution in [1.29, 1.82) is 0 Å². The Bertz CT molecular complexity index is 317. The maximum Gasteiger partial charge on any atom is 0.306 e. The van der Waals surface area contributed by atoms with Crippen molar-refractivity contribution in [2.24, 2.45) is 5.92 Å². The van der Waals surface area contributed by atoms with Crippen molar-refractivity contribution in [2.45, 2.75) is 25.4 Å². The molecule has 1 saturated heterocycles. The molecule has 1 atom stereocenters. The van der Waals surface area contributed by atoms with E-state index in [1.807, 2.05) is 4.90 Å². The first-order valence-corrected chi connectivity index (χ1v) is 6.46. The third-order valence-electron chi connectivity index (χ3n) is 3.28. The molecule has 0 aromatic heterocycles. The summed E-state index contributed by atoms with van der Waals surface area (Å²) in [5.41, 5.74) is 0. The van der Waals surface area contributed by atoms with Crippen LogP contribution in [0.3, 0.4) is 0 Å². The largest absolute Gasteiger partial charge is 0.481 e. The molecule has 1 aliphatic carbocycles. The van der Waals surface area contributed by atoms with Crippen molar-refractivity contribution in [3.63, 3.8) is 0 Å². The van der Waals surface area contributed by atoms with E-state index >= 15 is 0 Å². The minimum atomic E-state index is -0.861. The average Bonchev–Trinajstić information content (AvgIpc) is 3.09. The van der Waals surface area contributed by atoms with E-state index in [0.29, 0.717) is 32.2 Å². The molecule has 2 fully saturated rings. The first-order chi connectivity index (χ1) is 8.63. The molecule has 102 valence electrons. The minimum absolute atomic E-state index is 0.000192. The highest BCUT2D eigenvalue weighted by molar-refractivity contribution is 5.78. The smallest absolute Gasteiger partial charge is 0.306 e. The van der Waals surface area contributed by atoms with Gasteiger partial charge in [-0.05, 0) is 18.8 Å². The van der Waals surface area contributed by atoms with Crippen LogP contribution in [-0.2, 0) is 14.3 Å². The standard InChI is InChI=1S/C12H20N2O4/c15-11(13-6-9-1-2-9)8-14-3-4-18-10(7-14)5-12(16)17/h9-10H,1-8H2,(H,13,15)(H,16,17). The fourth-order valence-electron chi connectivity index (χ4n) is 2.08. The number of carboxylic acids is 1. The fraction of sp³-hybridized carbons (Fsp3) is 0.833. The molecule has 2 rings (SSSR count). The Hall–Kier alpha value is -1.14. The summed E-state index contributed by atoms with van der Waals surface area (Å²) in [7, 11) is 0. The fourth-order valence-corrected chi connectivity index (χ4v) is 2.08. The molecule has 0 bridgehead atoms. The molecule has 1 amide bonds. The number of hydrogen-bond acceptors (Lipinski definition) is 4. The van der Waals surface area contributed by atoms with Crippen LogP contribution in [0, 0.1) is 5.92 Å². The molecule has 1 aliphatic heterocycles. The van der Waals surface area contributed by atoms with Gasteiger partial charge in [-0.2, -0.15) is 0 Å². The molecule has 1 unspecified atom stereocenters. The molecular formula is C12H20N2O4. The normalized spacial score (nSPS) is 24.8. The summed E-state index contributed by atoms with van der Waals surface area (Å²) < 4.78 is 5.35. The maximum absolute atomic E-state index is 11.7. The van der Waals surface area contributed by atoms with Gasteiger partial charge in [0.1, 0.15) is 0 Å². The van der Waals surface area contributed by atoms with Gasteiger partial charge in [-0.3, -0.25) is 14.5 Å². The van der Waals surface area contributed by atoms with Crippen molar-refractivity contribution >= 4 is 11.9 Å². The lowest BCUT2D eigenvalue weighted by atomic mass is 10.2. The lowest BCUT2D eigenvalue weighted by molar-refractivity contribution is -0.142. The van der Waals surface area contributed by atoms with Crippen molar-refractivity contribution in [3.05, 3.63) is 0 Å². The Morgan fingerprint density at radius 2 is 2.17 bits per heavy atom. The molecule has 0 spiro atoms. The molecule has 18 heavy (non-hydrogen) atoms. The zero-order valence-corrected chi connectivity index (χ0v) is 10.4. The lowest BCUT2D eigenvalue weighted by Crippen LogP contribution is -2.47. The van der Waals surface area contributed by atoms with Gasteiger partial charge < -0.3 is 15.2 Å². The number of nitrogens with zero attached hydrogens (tertiary/aromatic N) is 1. The van der Waals surface area contributed by atoms with Gasteiger partial charge in [0.25, 0.3) is 0 Å². The van der Waals surface area contributed by atoms with E-state index in [4.69, 9.17) is 9.84 Å². The molecular weight excluding hydrogens is 236 g/mol. The first-order valence-electron chi connectivity index (χ1n) is 6.46. The van der Waals surface area contributed by atoms with Gasteiger partial charge in [-0.25, -0.2) is 0 Å². The average molecular weight is 256 g/mol. The Balaban J connectivity index is 1.67. The topological polar surface area (TPSA) is 78.9 Å². The van der Waals surface area contributed by atoms with E-state index in [1.165, 1.54) is 12.8 Å². The number of carbonyl (C=O) groups is 2. The second-order valence-electron chi connectivity index (χ2n) is 5.07. The molecule has 0 aromatic carbocycles. The van der Waals surface area contributed by atoms with Crippen LogP contribution >= 0.6 is 0 Å². The summed E-state index contributed by atoms with van der Waals surface area (Å²) >= 11 is 0. The van der Waals surface area contributed by atoms with Crippen molar-refractivity contribution in [2.75, 3.05) is 32.8 Å². The SMILES string of the molecule is O=C(O)CC1CN(CC(=O)NCC2CC2)CCO1. The summed E-state index contributed by atoms with van der Waals surface area (Å²) in [5, 5.41) is 11.6. The number of carbonyl (C=O) groups excluding carboxylic acids is 1. The predicted molar refractivity (Wildman–Crippen MR) is 64.2 cm³/mol. The van der Waals surface area contributed by atoms with Crippen molar-refractivity contribution in [3.8, 4) is 0 Å². The van der Waals surface area contributed by atoms with E-state index in [0.717, 1.165) is 6.54 Å². The monoisotopic (exact) mass is 256 g/mol. The van der Waals surface area contributed by atoms with E-state index < -0.39 is 5.97 Å². The van der Waals surface area contributed by atoms with Gasteiger partial charge in [-0.1, -0.05) is 0 Å². The Kier molecular flexibility index (Phi) is 4.54. The van der Waals surface area contributed by atoms with Gasteiger partial charge in [0.15, 0.2) is 0 Å². The van der Waals surface area contributed by atoms with Crippen LogP contribution < -0.4 is 5.32 Å². The summed E-state index contributed by atoms with van der Waals surface area (Å²) in [6.07, 6.45) is 2.14. The molecule has 6 heteroatoms. The van der Waals surface area contributed by atoms with E-state index in [9.17, 15) is 9.59 Å². The third kappa shape index (κ3) is 4.62. The minimum Gasteiger partial charge on any atom is -0.481 e. The van der Waals surface area contributed by atoms with Crippen LogP contribution in [-0.4, -0.2) is 60.8 Å². The van der Waals surface area contributed by atoms with Gasteiger partial charge in [0.2, 0.25) is 5.91 Å². The number of ether oxygens (including phenoxy) is 1. The quantitative estimate of drug-likeness (QED) is 0.681. The predicted octanol–water partition coefficient (Wildman–Crippen LogP) is -0.312. The van der Waals surface area contributed by atoms with Crippen molar-refractivity contribution < 1.29 is 19.4 Å². The maximum atomic E-state index is 11.7. The highest BCUT2D eigenvalue weighted by Gasteiger charge is 2.25. The zero-order valence-electron chi connectivity index (χ0n) is 10.4. The van der Waals surface area contributed by atoms with E-state index in [2.05, 4.69) is 5.32 Å². The van der Waals surface area contributed by atoms with Gasteiger partial charge in [-0.15, -0.1) is 0 Å². The lowest BCUT2D eigenvalue weighted by Gasteiger charge is -2.31. The highest BCUT2D eigenvalue weighted by atomic mass is 16.5. The van der Waals surface area contributed by atoms with Crippen LogP contribution in [0.15, 0.2) is 0 Å². The number of carboxylic acid groups (broad SMARTS) is 1. The Morgan fingerprint density at radius 1 is 1.39 bits per heavy atom. The molecule has 1 heterocycles. The Morgan fingerprint density at radius 3 is 2.83 bits per heavy atom. The number of morpholine rings is 1. The van der Waals surface area contributed by atoms with E-state index in [1.54, 1.807) is 0 Å². The van der Waals surface area contributed by atoms with Crippen LogP contribution in [0.25, 0.3) is 0 Å². The van der Waals surface area contributed by atoms with Crippen LogP contribution in [0.2, 0.25) is 0 Å². The number of hydrogen-bond donors (Lipinski definition) is 2. The second kappa shape index (κ2) is 6.15. The molecule has 2 N–H and O–H groups in total. The number of nitrogens with one attached hydrogen (secondary N) is 1. The van der Waals surface area contributed by atoms with Crippen LogP contribution in [0.1, 0.15) is 19.3 Å². The van der Waals surface area contributed by atoms with Gasteiger partial charge in [0.05, 0.1) is 25.7 Å². The summed E-state index contributed by atoms with van der Waals surface area (Å²) in [6.45, 7) is 2.82. The van der Waals surface area contributed by atoms with Crippen LogP contribution in [0.4, 0.5) is 0 Å². The summed E-state index contributed by atoms with van der Waals surface area (Å²) in [5.74, 6) is -0.156. The molecule has 0 aromatic rings. The van der Waals surface area contributed by atoms with Gasteiger partial charge in [0, 0.05) is 19.6 Å². The third-order valence-corrected chi connectivity index (χ3v) is 3.28. The molecule has 6 nitrogen and oxygen atoms in total. The Labute approximate surface area is 106 Å². The molecule has 2 aliphatic rings. The molecule has 0 radical (unpaired) electrons. The number of aliphatic carboxylic acids is 1. The number of rotatable bonds is 6. The summed E-state index contributed by atoms with van der Waals surface area (Å²) in [4.78, 5) is 24.2. The zero-order chi connectivity index (χ0) is 13.0. The number of amides is 1. The van der Waals surface area contributed by atoms with E-state index in [-0.39, 0.29) is 18.4 Å².